The van der Waals surface area contributed by atoms with Gasteiger partial charge in [-0.3, -0.25) is 0 Å². The van der Waals surface area contributed by atoms with Crippen LogP contribution in [0, 0.1) is 5.41 Å². The molecule has 186 valence electrons. The molecule has 6 rings (SSSR count). The Morgan fingerprint density at radius 2 is 1.19 bits per heavy atom. The van der Waals surface area contributed by atoms with E-state index < -0.39 is 0 Å². The molecule has 0 spiro atoms. The average molecular weight is 484 g/mol. The lowest BCUT2D eigenvalue weighted by Crippen LogP contribution is -2.23. The Kier molecular flexibility index (Phi) is 5.46. The van der Waals surface area contributed by atoms with E-state index in [0.29, 0.717) is 0 Å². The highest BCUT2D eigenvalue weighted by Gasteiger charge is 2.33. The molecule has 0 amide bonds. The molecular weight excluding hydrogens is 446 g/mol. The van der Waals surface area contributed by atoms with Gasteiger partial charge in [-0.15, -0.1) is 0 Å². The first-order valence-corrected chi connectivity index (χ1v) is 13.6. The van der Waals surface area contributed by atoms with E-state index in [9.17, 15) is 0 Å². The van der Waals surface area contributed by atoms with Crippen LogP contribution in [0.3, 0.4) is 0 Å². The fourth-order valence-corrected chi connectivity index (χ4v) is 6.13. The molecule has 1 atom stereocenters. The minimum atomic E-state index is 0.0727. The van der Waals surface area contributed by atoms with Gasteiger partial charge in [-0.25, -0.2) is 0 Å². The van der Waals surface area contributed by atoms with Crippen LogP contribution in [0.15, 0.2) is 91.0 Å². The first kappa shape index (κ1) is 23.8. The quantitative estimate of drug-likeness (QED) is 0.240. The molecule has 0 fully saturated rings. The van der Waals surface area contributed by atoms with Crippen molar-refractivity contribution < 1.29 is 0 Å². The summed E-state index contributed by atoms with van der Waals surface area (Å²) in [5, 5.41) is 8.00. The topological polar surface area (TPSA) is 15.8 Å². The molecule has 1 heteroatoms. The van der Waals surface area contributed by atoms with Gasteiger partial charge in [0.2, 0.25) is 0 Å². The second kappa shape index (κ2) is 8.48. The van der Waals surface area contributed by atoms with E-state index in [1.807, 2.05) is 0 Å². The highest BCUT2D eigenvalue weighted by atomic mass is 14.7. The summed E-state index contributed by atoms with van der Waals surface area (Å²) < 4.78 is 0. The van der Waals surface area contributed by atoms with Crippen LogP contribution in [0.2, 0.25) is 0 Å². The number of H-pyrrole nitrogens is 1. The Bertz CT molecular complexity index is 1720. The van der Waals surface area contributed by atoms with Gasteiger partial charge in [-0.2, -0.15) is 0 Å². The van der Waals surface area contributed by atoms with Crippen LogP contribution in [0.4, 0.5) is 0 Å². The maximum Gasteiger partial charge on any atom is 0.0465 e. The number of nitrogens with one attached hydrogen (secondary N) is 1. The maximum atomic E-state index is 3.67. The van der Waals surface area contributed by atoms with Gasteiger partial charge in [-0.1, -0.05) is 109 Å². The fraction of sp³-hybridized carbons (Fsp3) is 0.278. The monoisotopic (exact) mass is 483 g/mol. The molecule has 6 aromatic rings. The Morgan fingerprint density at radius 3 is 1.78 bits per heavy atom. The molecular formula is C36H37N. The van der Waals surface area contributed by atoms with Gasteiger partial charge in [0.05, 0.1) is 0 Å². The number of hydrogen-bond donors (Lipinski definition) is 1. The molecule has 1 heterocycles. The third kappa shape index (κ3) is 3.93. The lowest BCUT2D eigenvalue weighted by molar-refractivity contribution is 0.307. The van der Waals surface area contributed by atoms with Crippen molar-refractivity contribution in [3.05, 3.63) is 108 Å². The van der Waals surface area contributed by atoms with E-state index in [2.05, 4.69) is 138 Å². The standard InChI is InChI=1S/C36H37N/c1-7-36(5,6)34(33-27-14-10-8-12-23(27)20-24-13-9-11-15-28(24)33)25-16-18-31-29(21-25)30-22-26(35(2,3)4)17-19-32(30)37-31/h8-22,34,37H,7H2,1-6H3. The highest BCUT2D eigenvalue weighted by molar-refractivity contribution is 6.08. The number of fused-ring (bicyclic) bond motifs is 5. The van der Waals surface area contributed by atoms with Gasteiger partial charge >= 0.3 is 0 Å². The Balaban J connectivity index is 1.68. The van der Waals surface area contributed by atoms with Gasteiger partial charge in [0.15, 0.2) is 0 Å². The van der Waals surface area contributed by atoms with E-state index in [-0.39, 0.29) is 16.7 Å². The van der Waals surface area contributed by atoms with Crippen LogP contribution in [0.1, 0.15) is 70.6 Å². The molecule has 1 N–H and O–H groups in total. The SMILES string of the molecule is CCC(C)(C)C(c1ccc2[nH]c3ccc(C(C)(C)C)cc3c2c1)c1c2ccccc2cc2ccccc12. The number of rotatable bonds is 4. The van der Waals surface area contributed by atoms with Crippen molar-refractivity contribution in [3.8, 4) is 0 Å². The van der Waals surface area contributed by atoms with E-state index in [1.54, 1.807) is 0 Å². The van der Waals surface area contributed by atoms with E-state index in [1.165, 1.54) is 60.0 Å². The molecule has 0 bridgehead atoms. The molecule has 1 aromatic heterocycles. The average Bonchev–Trinajstić information content (AvgIpc) is 3.25. The molecule has 0 saturated heterocycles. The summed E-state index contributed by atoms with van der Waals surface area (Å²) in [6.45, 7) is 14.1. The molecule has 5 aromatic carbocycles. The van der Waals surface area contributed by atoms with Crippen LogP contribution in [-0.4, -0.2) is 4.98 Å². The minimum absolute atomic E-state index is 0.0727. The van der Waals surface area contributed by atoms with Crippen molar-refractivity contribution >= 4 is 43.4 Å². The largest absolute Gasteiger partial charge is 0.355 e. The maximum absolute atomic E-state index is 3.67. The lowest BCUT2D eigenvalue weighted by Gasteiger charge is -2.36. The third-order valence-electron chi connectivity index (χ3n) is 8.62. The Morgan fingerprint density at radius 1 is 0.622 bits per heavy atom. The Labute approximate surface area is 220 Å². The van der Waals surface area contributed by atoms with Crippen molar-refractivity contribution in [2.45, 2.75) is 59.3 Å². The lowest BCUT2D eigenvalue weighted by atomic mass is 9.67. The van der Waals surface area contributed by atoms with Crippen molar-refractivity contribution in [1.82, 2.24) is 4.98 Å². The summed E-state index contributed by atoms with van der Waals surface area (Å²) in [6, 6.07) is 34.2. The zero-order valence-corrected chi connectivity index (χ0v) is 22.9. The summed E-state index contributed by atoms with van der Waals surface area (Å²) >= 11 is 0. The van der Waals surface area contributed by atoms with Gasteiger partial charge in [-0.05, 0) is 79.4 Å². The number of hydrogen-bond acceptors (Lipinski definition) is 0. The van der Waals surface area contributed by atoms with E-state index in [0.717, 1.165) is 6.42 Å². The second-order valence-electron chi connectivity index (χ2n) is 12.4. The summed E-state index contributed by atoms with van der Waals surface area (Å²) in [6.07, 6.45) is 1.09. The smallest absolute Gasteiger partial charge is 0.0465 e. The van der Waals surface area contributed by atoms with Crippen LogP contribution < -0.4 is 0 Å². The zero-order chi connectivity index (χ0) is 25.9. The van der Waals surface area contributed by atoms with Gasteiger partial charge in [0.1, 0.15) is 0 Å². The first-order chi connectivity index (χ1) is 17.7. The van der Waals surface area contributed by atoms with Crippen LogP contribution in [-0.2, 0) is 5.41 Å². The normalized spacial score (nSPS) is 13.7. The van der Waals surface area contributed by atoms with Crippen molar-refractivity contribution in [2.24, 2.45) is 5.41 Å². The van der Waals surface area contributed by atoms with Gasteiger partial charge < -0.3 is 4.98 Å². The molecule has 0 radical (unpaired) electrons. The summed E-state index contributed by atoms with van der Waals surface area (Å²) in [5.74, 6) is 0.258. The minimum Gasteiger partial charge on any atom is -0.355 e. The molecule has 1 unspecified atom stereocenters. The predicted molar refractivity (Wildman–Crippen MR) is 162 cm³/mol. The van der Waals surface area contributed by atoms with E-state index in [4.69, 9.17) is 0 Å². The molecule has 0 aliphatic heterocycles. The van der Waals surface area contributed by atoms with Crippen molar-refractivity contribution in [1.29, 1.82) is 0 Å². The molecule has 0 saturated carbocycles. The molecule has 0 aliphatic rings. The fourth-order valence-electron chi connectivity index (χ4n) is 6.13. The zero-order valence-electron chi connectivity index (χ0n) is 22.9. The summed E-state index contributed by atoms with van der Waals surface area (Å²) in [5.41, 5.74) is 6.82. The second-order valence-corrected chi connectivity index (χ2v) is 12.4. The first-order valence-electron chi connectivity index (χ1n) is 13.6. The van der Waals surface area contributed by atoms with Crippen LogP contribution >= 0.6 is 0 Å². The molecule has 1 nitrogen and oxygen atoms in total. The van der Waals surface area contributed by atoms with E-state index >= 15 is 0 Å². The Hall–Kier alpha value is -3.58. The number of aromatic amines is 1. The van der Waals surface area contributed by atoms with Crippen LogP contribution in [0.5, 0.6) is 0 Å². The highest BCUT2D eigenvalue weighted by Crippen LogP contribution is 2.48. The van der Waals surface area contributed by atoms with Gasteiger partial charge in [0.25, 0.3) is 0 Å². The number of benzene rings is 5. The summed E-state index contributed by atoms with van der Waals surface area (Å²) in [4.78, 5) is 3.67. The van der Waals surface area contributed by atoms with Gasteiger partial charge in [0, 0.05) is 27.7 Å². The van der Waals surface area contributed by atoms with Crippen LogP contribution in [0.25, 0.3) is 43.4 Å². The number of aromatic nitrogens is 1. The summed E-state index contributed by atoms with van der Waals surface area (Å²) in [7, 11) is 0. The molecule has 0 aliphatic carbocycles. The third-order valence-corrected chi connectivity index (χ3v) is 8.62. The van der Waals surface area contributed by atoms with Crippen molar-refractivity contribution in [2.75, 3.05) is 0 Å². The molecule has 37 heavy (non-hydrogen) atoms. The predicted octanol–water partition coefficient (Wildman–Crippen LogP) is 10.5. The van der Waals surface area contributed by atoms with Crippen molar-refractivity contribution in [3.63, 3.8) is 0 Å².